The quantitative estimate of drug-likeness (QED) is 0.538. The Morgan fingerprint density at radius 2 is 1.65 bits per heavy atom. The maximum atomic E-state index is 12.7. The minimum atomic E-state index is -3.95. The average Bonchev–Trinajstić information content (AvgIpc) is 2.56. The average molecular weight is 362 g/mol. The van der Waals surface area contributed by atoms with Crippen molar-refractivity contribution in [3.8, 4) is 0 Å². The molecule has 1 aromatic rings. The van der Waals surface area contributed by atoms with Gasteiger partial charge in [0.1, 0.15) is 0 Å². The van der Waals surface area contributed by atoms with Crippen molar-refractivity contribution < 1.29 is 27.3 Å². The molecular formula is C15H27O6PSi. The summed E-state index contributed by atoms with van der Waals surface area (Å²) in [6.07, 6.45) is 0.332. The van der Waals surface area contributed by atoms with Gasteiger partial charge in [0.25, 0.3) is 0 Å². The van der Waals surface area contributed by atoms with Gasteiger partial charge in [-0.15, -0.1) is 0 Å². The van der Waals surface area contributed by atoms with Crippen LogP contribution in [0.4, 0.5) is 0 Å². The van der Waals surface area contributed by atoms with Gasteiger partial charge in [-0.05, 0) is 25.0 Å². The second-order valence-corrected chi connectivity index (χ2v) is 10.4. The summed E-state index contributed by atoms with van der Waals surface area (Å²) in [5.74, 6) is 0. The Hall–Kier alpha value is -0.533. The number of rotatable bonds is 9. The SMILES string of the molecule is CCC(C)OP(=O)(O)c1ccccc1C(C)[Si](OC)(OC)OC. The Bertz CT molecular complexity index is 540. The van der Waals surface area contributed by atoms with E-state index < -0.39 is 16.4 Å². The fraction of sp³-hybridized carbons (Fsp3) is 0.600. The molecule has 1 aromatic carbocycles. The predicted octanol–water partition coefficient (Wildman–Crippen LogP) is 2.83. The molecule has 1 rings (SSSR count). The molecule has 8 heteroatoms. The Balaban J connectivity index is 3.32. The minimum absolute atomic E-state index is 0.260. The lowest BCUT2D eigenvalue weighted by Crippen LogP contribution is -2.49. The van der Waals surface area contributed by atoms with Crippen LogP contribution in [0, 0.1) is 0 Å². The second-order valence-electron chi connectivity index (χ2n) is 5.34. The molecule has 0 saturated carbocycles. The summed E-state index contributed by atoms with van der Waals surface area (Å²) < 4.78 is 34.6. The van der Waals surface area contributed by atoms with Crippen LogP contribution in [0.2, 0.25) is 0 Å². The minimum Gasteiger partial charge on any atom is -0.376 e. The van der Waals surface area contributed by atoms with E-state index in [9.17, 15) is 9.46 Å². The summed E-state index contributed by atoms with van der Waals surface area (Å²) in [7, 11) is -2.40. The van der Waals surface area contributed by atoms with E-state index in [2.05, 4.69) is 0 Å². The van der Waals surface area contributed by atoms with Crippen molar-refractivity contribution in [2.24, 2.45) is 0 Å². The van der Waals surface area contributed by atoms with Gasteiger partial charge in [0.15, 0.2) is 0 Å². The molecule has 132 valence electrons. The van der Waals surface area contributed by atoms with E-state index in [4.69, 9.17) is 17.8 Å². The molecular weight excluding hydrogens is 335 g/mol. The van der Waals surface area contributed by atoms with Crippen LogP contribution in [0.25, 0.3) is 0 Å². The predicted molar refractivity (Wildman–Crippen MR) is 91.9 cm³/mol. The monoisotopic (exact) mass is 362 g/mol. The van der Waals surface area contributed by atoms with Gasteiger partial charge in [0.05, 0.1) is 16.9 Å². The van der Waals surface area contributed by atoms with Crippen molar-refractivity contribution in [2.45, 2.75) is 38.8 Å². The second kappa shape index (κ2) is 8.53. The fourth-order valence-corrected chi connectivity index (χ4v) is 6.39. The fourth-order valence-electron chi connectivity index (χ4n) is 2.46. The van der Waals surface area contributed by atoms with Gasteiger partial charge in [-0.25, -0.2) is 0 Å². The molecule has 0 aromatic heterocycles. The highest BCUT2D eigenvalue weighted by Gasteiger charge is 2.47. The zero-order valence-corrected chi connectivity index (χ0v) is 16.5. The molecule has 0 fully saturated rings. The first-order valence-electron chi connectivity index (χ1n) is 7.54. The van der Waals surface area contributed by atoms with Crippen molar-refractivity contribution in [3.05, 3.63) is 29.8 Å². The molecule has 0 saturated heterocycles. The molecule has 1 N–H and O–H groups in total. The molecule has 0 spiro atoms. The summed E-state index contributed by atoms with van der Waals surface area (Å²) in [4.78, 5) is 10.4. The van der Waals surface area contributed by atoms with E-state index in [0.29, 0.717) is 12.0 Å². The largest absolute Gasteiger partial charge is 0.507 e. The van der Waals surface area contributed by atoms with Crippen LogP contribution >= 0.6 is 7.60 Å². The Labute approximate surface area is 139 Å². The maximum Gasteiger partial charge on any atom is 0.507 e. The van der Waals surface area contributed by atoms with E-state index in [-0.39, 0.29) is 16.9 Å². The molecule has 0 aliphatic carbocycles. The summed E-state index contributed by atoms with van der Waals surface area (Å²) in [6.45, 7) is 5.54. The molecule has 3 unspecified atom stereocenters. The molecule has 0 aliphatic rings. The van der Waals surface area contributed by atoms with Crippen LogP contribution in [-0.2, 0) is 22.4 Å². The number of benzene rings is 1. The van der Waals surface area contributed by atoms with Crippen molar-refractivity contribution in [3.63, 3.8) is 0 Å². The van der Waals surface area contributed by atoms with Crippen LogP contribution < -0.4 is 5.30 Å². The van der Waals surface area contributed by atoms with E-state index in [0.717, 1.165) is 0 Å². The zero-order valence-electron chi connectivity index (χ0n) is 14.6. The Morgan fingerprint density at radius 1 is 1.13 bits per heavy atom. The standard InChI is InChI=1S/C15H27O6PSi/c1-7-12(2)21-22(16,17)15-11-9-8-10-14(15)13(3)23(18-4,19-5)20-6/h8-13H,7H2,1-6H3,(H,16,17). The van der Waals surface area contributed by atoms with Gasteiger partial charge in [0.2, 0.25) is 0 Å². The first-order chi connectivity index (χ1) is 10.8. The Morgan fingerprint density at radius 3 is 2.13 bits per heavy atom. The van der Waals surface area contributed by atoms with Crippen LogP contribution in [0.3, 0.4) is 0 Å². The molecule has 0 radical (unpaired) electrons. The lowest BCUT2D eigenvalue weighted by Gasteiger charge is -2.32. The normalized spacial score (nSPS) is 17.5. The first-order valence-corrected chi connectivity index (χ1v) is 10.9. The topological polar surface area (TPSA) is 74.2 Å². The summed E-state index contributed by atoms with van der Waals surface area (Å²) in [5, 5.41) is 0.260. The van der Waals surface area contributed by atoms with E-state index >= 15 is 0 Å². The summed E-state index contributed by atoms with van der Waals surface area (Å²) in [6, 6.07) is 6.90. The number of hydrogen-bond donors (Lipinski definition) is 1. The molecule has 3 atom stereocenters. The van der Waals surface area contributed by atoms with Crippen molar-refractivity contribution in [2.75, 3.05) is 21.3 Å². The molecule has 0 bridgehead atoms. The maximum absolute atomic E-state index is 12.7. The van der Waals surface area contributed by atoms with Gasteiger partial charge in [-0.3, -0.25) is 4.57 Å². The van der Waals surface area contributed by atoms with Crippen LogP contribution in [0.15, 0.2) is 24.3 Å². The lowest BCUT2D eigenvalue weighted by molar-refractivity contribution is 0.114. The smallest absolute Gasteiger partial charge is 0.376 e. The molecule has 23 heavy (non-hydrogen) atoms. The highest BCUT2D eigenvalue weighted by Crippen LogP contribution is 2.45. The van der Waals surface area contributed by atoms with Gasteiger partial charge in [-0.1, -0.05) is 32.0 Å². The molecule has 0 amide bonds. The lowest BCUT2D eigenvalue weighted by atomic mass is 10.2. The van der Waals surface area contributed by atoms with Gasteiger partial charge < -0.3 is 22.7 Å². The van der Waals surface area contributed by atoms with Crippen molar-refractivity contribution >= 4 is 21.7 Å². The highest BCUT2D eigenvalue weighted by molar-refractivity contribution is 7.61. The number of hydrogen-bond acceptors (Lipinski definition) is 5. The van der Waals surface area contributed by atoms with Crippen LogP contribution in [-0.4, -0.2) is 41.1 Å². The zero-order chi connectivity index (χ0) is 17.7. The van der Waals surface area contributed by atoms with E-state index in [1.165, 1.54) is 21.3 Å². The summed E-state index contributed by atoms with van der Waals surface area (Å²) >= 11 is 0. The van der Waals surface area contributed by atoms with Crippen molar-refractivity contribution in [1.29, 1.82) is 0 Å². The third-order valence-corrected chi connectivity index (χ3v) is 8.73. The molecule has 0 aliphatic heterocycles. The van der Waals surface area contributed by atoms with Crippen LogP contribution in [0.1, 0.15) is 38.3 Å². The first kappa shape index (κ1) is 20.5. The summed E-state index contributed by atoms with van der Waals surface area (Å²) in [5.41, 5.74) is 0.318. The Kier molecular flexibility index (Phi) is 7.61. The van der Waals surface area contributed by atoms with E-state index in [1.807, 2.05) is 13.8 Å². The third-order valence-electron chi connectivity index (χ3n) is 3.99. The van der Waals surface area contributed by atoms with Crippen LogP contribution in [0.5, 0.6) is 0 Å². The molecule has 0 heterocycles. The third kappa shape index (κ3) is 4.51. The van der Waals surface area contributed by atoms with Gasteiger partial charge in [-0.2, -0.15) is 0 Å². The van der Waals surface area contributed by atoms with Gasteiger partial charge >= 0.3 is 16.4 Å². The highest BCUT2D eigenvalue weighted by atomic mass is 31.2. The van der Waals surface area contributed by atoms with Crippen molar-refractivity contribution in [1.82, 2.24) is 0 Å². The van der Waals surface area contributed by atoms with E-state index in [1.54, 1.807) is 31.2 Å². The molecule has 6 nitrogen and oxygen atoms in total. The van der Waals surface area contributed by atoms with Gasteiger partial charge in [0, 0.05) is 21.3 Å².